The highest BCUT2D eigenvalue weighted by Gasteiger charge is 2.30. The van der Waals surface area contributed by atoms with Gasteiger partial charge in [0.15, 0.2) is 0 Å². The van der Waals surface area contributed by atoms with E-state index in [1.165, 1.54) is 0 Å². The third kappa shape index (κ3) is 9.66. The van der Waals surface area contributed by atoms with Gasteiger partial charge in [-0.15, -0.1) is 0 Å². The van der Waals surface area contributed by atoms with Gasteiger partial charge in [-0.05, 0) is 6.42 Å². The van der Waals surface area contributed by atoms with Gasteiger partial charge < -0.3 is 5.32 Å². The number of carbonyl (C=O) groups excluding carboxylic acids is 1. The Labute approximate surface area is 83.0 Å². The van der Waals surface area contributed by atoms with Gasteiger partial charge in [-0.1, -0.05) is 22.9 Å². The summed E-state index contributed by atoms with van der Waals surface area (Å²) in [6.45, 7) is 2.12. The zero-order chi connectivity index (χ0) is 10.5. The van der Waals surface area contributed by atoms with Gasteiger partial charge in [0.05, 0.1) is 0 Å². The SMILES string of the molecule is CC(Br)CCNC(=O)CC(F)(F)F. The summed E-state index contributed by atoms with van der Waals surface area (Å²) in [5, 5.41) is 2.18. The number of hydrogen-bond acceptors (Lipinski definition) is 1. The Kier molecular flexibility index (Phi) is 5.36. The molecule has 1 N–H and O–H groups in total. The molecule has 0 aromatic carbocycles. The zero-order valence-electron chi connectivity index (χ0n) is 7.12. The highest BCUT2D eigenvalue weighted by Crippen LogP contribution is 2.18. The molecule has 0 aromatic rings. The fraction of sp³-hybridized carbons (Fsp3) is 0.857. The minimum atomic E-state index is -4.41. The minimum absolute atomic E-state index is 0.193. The molecule has 0 spiro atoms. The number of nitrogens with one attached hydrogen (secondary N) is 1. The van der Waals surface area contributed by atoms with Crippen LogP contribution < -0.4 is 5.32 Å². The quantitative estimate of drug-likeness (QED) is 0.773. The molecule has 0 bridgehead atoms. The molecule has 0 aliphatic heterocycles. The van der Waals surface area contributed by atoms with E-state index in [-0.39, 0.29) is 11.4 Å². The van der Waals surface area contributed by atoms with Gasteiger partial charge in [-0.25, -0.2) is 0 Å². The monoisotopic (exact) mass is 261 g/mol. The van der Waals surface area contributed by atoms with Crippen molar-refractivity contribution in [3.05, 3.63) is 0 Å². The van der Waals surface area contributed by atoms with Gasteiger partial charge in [0.1, 0.15) is 6.42 Å². The zero-order valence-corrected chi connectivity index (χ0v) is 8.70. The van der Waals surface area contributed by atoms with E-state index < -0.39 is 18.5 Å². The second-order valence-corrected chi connectivity index (χ2v) is 4.27. The molecule has 0 saturated heterocycles. The Bertz CT molecular complexity index is 170. The fourth-order valence-electron chi connectivity index (χ4n) is 0.655. The fourth-order valence-corrected chi connectivity index (χ4v) is 0.884. The van der Waals surface area contributed by atoms with Crippen molar-refractivity contribution in [1.82, 2.24) is 5.32 Å². The lowest BCUT2D eigenvalue weighted by molar-refractivity contribution is -0.153. The van der Waals surface area contributed by atoms with Crippen LogP contribution in [0.5, 0.6) is 0 Å². The highest BCUT2D eigenvalue weighted by atomic mass is 79.9. The molecular formula is C7H11BrF3NO. The first-order valence-corrected chi connectivity index (χ1v) is 4.70. The smallest absolute Gasteiger partial charge is 0.356 e. The highest BCUT2D eigenvalue weighted by molar-refractivity contribution is 9.09. The number of hydrogen-bond donors (Lipinski definition) is 1. The van der Waals surface area contributed by atoms with E-state index in [9.17, 15) is 18.0 Å². The Morgan fingerprint density at radius 1 is 1.54 bits per heavy atom. The van der Waals surface area contributed by atoms with Crippen molar-refractivity contribution in [2.45, 2.75) is 30.8 Å². The van der Waals surface area contributed by atoms with E-state index in [4.69, 9.17) is 0 Å². The van der Waals surface area contributed by atoms with Gasteiger partial charge >= 0.3 is 6.18 Å². The largest absolute Gasteiger partial charge is 0.397 e. The van der Waals surface area contributed by atoms with Crippen LogP contribution in [0.4, 0.5) is 13.2 Å². The molecule has 0 aliphatic carbocycles. The van der Waals surface area contributed by atoms with Crippen molar-refractivity contribution >= 4 is 21.8 Å². The van der Waals surface area contributed by atoms with Gasteiger partial charge in [-0.2, -0.15) is 13.2 Å². The first kappa shape index (κ1) is 12.7. The van der Waals surface area contributed by atoms with Crippen LogP contribution in [0.1, 0.15) is 19.8 Å². The van der Waals surface area contributed by atoms with Crippen LogP contribution in [0.25, 0.3) is 0 Å². The van der Waals surface area contributed by atoms with Crippen molar-refractivity contribution in [1.29, 1.82) is 0 Å². The van der Waals surface area contributed by atoms with Gasteiger partial charge in [0.25, 0.3) is 0 Å². The molecule has 0 aliphatic rings. The molecule has 6 heteroatoms. The summed E-state index contributed by atoms with van der Waals surface area (Å²) in [5.41, 5.74) is 0. The van der Waals surface area contributed by atoms with E-state index in [0.29, 0.717) is 6.42 Å². The lowest BCUT2D eigenvalue weighted by Crippen LogP contribution is -2.29. The summed E-state index contributed by atoms with van der Waals surface area (Å²) in [5.74, 6) is -0.972. The van der Waals surface area contributed by atoms with Crippen molar-refractivity contribution in [2.24, 2.45) is 0 Å². The topological polar surface area (TPSA) is 29.1 Å². The average Bonchev–Trinajstić information content (AvgIpc) is 1.81. The van der Waals surface area contributed by atoms with Crippen LogP contribution >= 0.6 is 15.9 Å². The van der Waals surface area contributed by atoms with E-state index in [2.05, 4.69) is 21.2 Å². The molecule has 1 unspecified atom stereocenters. The van der Waals surface area contributed by atoms with Gasteiger partial charge in [-0.3, -0.25) is 4.79 Å². The molecule has 13 heavy (non-hydrogen) atoms. The number of rotatable bonds is 4. The summed E-state index contributed by atoms with van der Waals surface area (Å²) < 4.78 is 34.9. The van der Waals surface area contributed by atoms with E-state index >= 15 is 0 Å². The maximum Gasteiger partial charge on any atom is 0.397 e. The van der Waals surface area contributed by atoms with Gasteiger partial charge in [0.2, 0.25) is 5.91 Å². The minimum Gasteiger partial charge on any atom is -0.356 e. The second-order valence-electron chi connectivity index (χ2n) is 2.71. The van der Waals surface area contributed by atoms with E-state index in [0.717, 1.165) is 0 Å². The standard InChI is InChI=1S/C7H11BrF3NO/c1-5(8)2-3-12-6(13)4-7(9,10)11/h5H,2-4H2,1H3,(H,12,13). The predicted octanol–water partition coefficient (Wildman–Crippen LogP) is 2.23. The third-order valence-electron chi connectivity index (χ3n) is 1.23. The molecular weight excluding hydrogens is 251 g/mol. The lowest BCUT2D eigenvalue weighted by Gasteiger charge is -2.08. The summed E-state index contributed by atoms with van der Waals surface area (Å²) in [6, 6.07) is 0. The molecule has 0 heterocycles. The van der Waals surface area contributed by atoms with Crippen LogP contribution in [-0.4, -0.2) is 23.5 Å². The normalized spacial score (nSPS) is 13.9. The van der Waals surface area contributed by atoms with Crippen LogP contribution in [-0.2, 0) is 4.79 Å². The van der Waals surface area contributed by atoms with E-state index in [1.54, 1.807) is 0 Å². The van der Waals surface area contributed by atoms with Gasteiger partial charge in [0, 0.05) is 11.4 Å². The van der Waals surface area contributed by atoms with Crippen molar-refractivity contribution in [3.8, 4) is 0 Å². The Morgan fingerprint density at radius 2 is 2.08 bits per heavy atom. The Balaban J connectivity index is 3.53. The number of halogens is 4. The predicted molar refractivity (Wildman–Crippen MR) is 46.7 cm³/mol. The summed E-state index contributed by atoms with van der Waals surface area (Å²) in [6.07, 6.45) is -5.20. The van der Waals surface area contributed by atoms with Crippen LogP contribution in [0.3, 0.4) is 0 Å². The van der Waals surface area contributed by atoms with Crippen molar-refractivity contribution in [2.75, 3.05) is 6.54 Å². The van der Waals surface area contributed by atoms with E-state index in [1.807, 2.05) is 6.92 Å². The summed E-state index contributed by atoms with van der Waals surface area (Å²) in [4.78, 5) is 10.8. The first-order valence-electron chi connectivity index (χ1n) is 3.79. The molecule has 1 atom stereocenters. The Hall–Kier alpha value is -0.260. The summed E-state index contributed by atoms with van der Waals surface area (Å²) >= 11 is 3.21. The maximum atomic E-state index is 11.6. The molecule has 0 radical (unpaired) electrons. The lowest BCUT2D eigenvalue weighted by atomic mass is 10.3. The van der Waals surface area contributed by atoms with Crippen molar-refractivity contribution in [3.63, 3.8) is 0 Å². The number of alkyl halides is 4. The van der Waals surface area contributed by atoms with Crippen molar-refractivity contribution < 1.29 is 18.0 Å². The molecule has 0 rings (SSSR count). The third-order valence-corrected chi connectivity index (χ3v) is 1.68. The van der Waals surface area contributed by atoms with Crippen LogP contribution in [0, 0.1) is 0 Å². The van der Waals surface area contributed by atoms with Crippen LogP contribution in [0.2, 0.25) is 0 Å². The molecule has 1 amide bonds. The molecule has 2 nitrogen and oxygen atoms in total. The number of carbonyl (C=O) groups is 1. The second kappa shape index (κ2) is 5.47. The molecule has 0 aromatic heterocycles. The summed E-state index contributed by atoms with van der Waals surface area (Å²) in [7, 11) is 0. The Morgan fingerprint density at radius 3 is 2.46 bits per heavy atom. The number of amides is 1. The van der Waals surface area contributed by atoms with Crippen LogP contribution in [0.15, 0.2) is 0 Å². The molecule has 0 saturated carbocycles. The molecule has 78 valence electrons. The maximum absolute atomic E-state index is 11.6. The first-order chi connectivity index (χ1) is 5.81. The molecule has 0 fully saturated rings. The average molecular weight is 262 g/mol.